The third kappa shape index (κ3) is 4.29. The van der Waals surface area contributed by atoms with E-state index in [1.54, 1.807) is 28.9 Å². The Hall–Kier alpha value is -2.97. The van der Waals surface area contributed by atoms with Gasteiger partial charge in [-0.05, 0) is 23.6 Å². The molecule has 1 unspecified atom stereocenters. The number of aryl methyl sites for hydroxylation is 1. The molecule has 3 rings (SSSR count). The largest absolute Gasteiger partial charge is 0.356 e. The van der Waals surface area contributed by atoms with E-state index in [0.717, 1.165) is 11.8 Å². The Kier molecular flexibility index (Phi) is 5.91. The molecule has 28 heavy (non-hydrogen) atoms. The van der Waals surface area contributed by atoms with Crippen LogP contribution in [0.2, 0.25) is 0 Å². The van der Waals surface area contributed by atoms with Crippen molar-refractivity contribution in [2.24, 2.45) is 12.0 Å². The van der Waals surface area contributed by atoms with E-state index in [0.29, 0.717) is 31.2 Å². The number of amides is 1. The van der Waals surface area contributed by atoms with Crippen LogP contribution in [0.1, 0.15) is 18.4 Å². The quantitative estimate of drug-likeness (QED) is 0.638. The summed E-state index contributed by atoms with van der Waals surface area (Å²) in [5.41, 5.74) is 1.47. The molecule has 0 bridgehead atoms. The first-order valence-electron chi connectivity index (χ1n) is 9.08. The fourth-order valence-corrected chi connectivity index (χ4v) is 3.19. The molecule has 1 amide bonds. The van der Waals surface area contributed by atoms with Gasteiger partial charge in [0, 0.05) is 39.9 Å². The monoisotopic (exact) mass is 390 g/mol. The molecule has 9 heteroatoms. The molecular weight excluding hydrogens is 366 g/mol. The average molecular weight is 390 g/mol. The van der Waals surface area contributed by atoms with Gasteiger partial charge in [0.2, 0.25) is 5.91 Å². The molecule has 1 saturated heterocycles. The Labute approximate surface area is 162 Å². The molecule has 0 saturated carbocycles. The normalized spacial score (nSPS) is 16.5. The van der Waals surface area contributed by atoms with Crippen LogP contribution in [0.4, 0.5) is 14.5 Å². The highest BCUT2D eigenvalue weighted by Gasteiger charge is 2.27. The van der Waals surface area contributed by atoms with Gasteiger partial charge in [-0.2, -0.15) is 5.10 Å². The van der Waals surface area contributed by atoms with Gasteiger partial charge in [0.15, 0.2) is 17.6 Å². The minimum Gasteiger partial charge on any atom is -0.356 e. The van der Waals surface area contributed by atoms with Gasteiger partial charge in [0.05, 0.1) is 11.9 Å². The molecule has 1 fully saturated rings. The lowest BCUT2D eigenvalue weighted by Gasteiger charge is -2.35. The summed E-state index contributed by atoms with van der Waals surface area (Å²) in [6.07, 6.45) is 3.48. The number of guanidine groups is 1. The molecular formula is C19H24F2N6O. The van der Waals surface area contributed by atoms with Crippen molar-refractivity contribution in [2.75, 3.05) is 38.1 Å². The van der Waals surface area contributed by atoms with Crippen molar-refractivity contribution in [3.63, 3.8) is 0 Å². The van der Waals surface area contributed by atoms with Crippen molar-refractivity contribution < 1.29 is 13.6 Å². The first-order chi connectivity index (χ1) is 13.4. The van der Waals surface area contributed by atoms with Gasteiger partial charge in [-0.15, -0.1) is 0 Å². The van der Waals surface area contributed by atoms with Crippen LogP contribution in [-0.2, 0) is 11.8 Å². The SMILES string of the molecule is CN=C(NCC(C)c1ccc(F)c(F)c1)N1CCN(c2cnn(C)c2)C(=O)C1. The lowest BCUT2D eigenvalue weighted by molar-refractivity contribution is -0.120. The maximum absolute atomic E-state index is 13.4. The zero-order chi connectivity index (χ0) is 20.3. The van der Waals surface area contributed by atoms with Crippen molar-refractivity contribution in [1.29, 1.82) is 0 Å². The number of nitrogens with one attached hydrogen (secondary N) is 1. The minimum absolute atomic E-state index is 0.0316. The summed E-state index contributed by atoms with van der Waals surface area (Å²) in [7, 11) is 3.46. The third-order valence-electron chi connectivity index (χ3n) is 4.81. The summed E-state index contributed by atoms with van der Waals surface area (Å²) in [6.45, 7) is 3.76. The number of rotatable bonds is 4. The number of aromatic nitrogens is 2. The minimum atomic E-state index is -0.857. The number of hydrogen-bond acceptors (Lipinski definition) is 3. The summed E-state index contributed by atoms with van der Waals surface area (Å²) in [4.78, 5) is 20.4. The Bertz CT molecular complexity index is 881. The number of halogens is 2. The highest BCUT2D eigenvalue weighted by atomic mass is 19.2. The summed E-state index contributed by atoms with van der Waals surface area (Å²) >= 11 is 0. The molecule has 1 aromatic heterocycles. The van der Waals surface area contributed by atoms with Gasteiger partial charge < -0.3 is 15.1 Å². The fourth-order valence-electron chi connectivity index (χ4n) is 3.19. The van der Waals surface area contributed by atoms with E-state index < -0.39 is 11.6 Å². The molecule has 0 aliphatic carbocycles. The maximum Gasteiger partial charge on any atom is 0.246 e. The van der Waals surface area contributed by atoms with Crippen LogP contribution in [0.5, 0.6) is 0 Å². The van der Waals surface area contributed by atoms with Crippen molar-refractivity contribution in [2.45, 2.75) is 12.8 Å². The lowest BCUT2D eigenvalue weighted by atomic mass is 10.0. The number of anilines is 1. The van der Waals surface area contributed by atoms with Gasteiger partial charge in [0.1, 0.15) is 6.54 Å². The first-order valence-corrected chi connectivity index (χ1v) is 9.08. The van der Waals surface area contributed by atoms with E-state index in [1.807, 2.05) is 25.1 Å². The number of carbonyl (C=O) groups is 1. The van der Waals surface area contributed by atoms with Crippen LogP contribution in [0.3, 0.4) is 0 Å². The zero-order valence-electron chi connectivity index (χ0n) is 16.2. The van der Waals surface area contributed by atoms with Crippen LogP contribution in [-0.4, -0.2) is 59.8 Å². The molecule has 1 atom stereocenters. The Morgan fingerprint density at radius 1 is 1.32 bits per heavy atom. The van der Waals surface area contributed by atoms with Crippen molar-refractivity contribution in [3.8, 4) is 0 Å². The lowest BCUT2D eigenvalue weighted by Crippen LogP contribution is -2.55. The van der Waals surface area contributed by atoms with E-state index in [2.05, 4.69) is 15.4 Å². The van der Waals surface area contributed by atoms with Crippen LogP contribution < -0.4 is 10.2 Å². The second-order valence-corrected chi connectivity index (χ2v) is 6.84. The molecule has 7 nitrogen and oxygen atoms in total. The number of nitrogens with zero attached hydrogens (tertiary/aromatic N) is 5. The molecule has 1 N–H and O–H groups in total. The predicted octanol–water partition coefficient (Wildman–Crippen LogP) is 1.73. The van der Waals surface area contributed by atoms with Crippen molar-refractivity contribution >= 4 is 17.6 Å². The highest BCUT2D eigenvalue weighted by Crippen LogP contribution is 2.18. The topological polar surface area (TPSA) is 65.8 Å². The molecule has 2 heterocycles. The predicted molar refractivity (Wildman–Crippen MR) is 103 cm³/mol. The van der Waals surface area contributed by atoms with E-state index in [1.165, 1.54) is 6.07 Å². The van der Waals surface area contributed by atoms with Gasteiger partial charge in [-0.1, -0.05) is 13.0 Å². The van der Waals surface area contributed by atoms with E-state index in [9.17, 15) is 13.6 Å². The van der Waals surface area contributed by atoms with Crippen molar-refractivity contribution in [1.82, 2.24) is 20.0 Å². The molecule has 2 aromatic rings. The van der Waals surface area contributed by atoms with Gasteiger partial charge in [0.25, 0.3) is 0 Å². The van der Waals surface area contributed by atoms with Crippen molar-refractivity contribution in [3.05, 3.63) is 47.8 Å². The summed E-state index contributed by atoms with van der Waals surface area (Å²) in [5.74, 6) is -1.20. The molecule has 0 radical (unpaired) electrons. The summed E-state index contributed by atoms with van der Waals surface area (Å²) < 4.78 is 28.2. The smallest absolute Gasteiger partial charge is 0.246 e. The second-order valence-electron chi connectivity index (χ2n) is 6.84. The number of hydrogen-bond donors (Lipinski definition) is 1. The van der Waals surface area contributed by atoms with Gasteiger partial charge in [-0.25, -0.2) is 8.78 Å². The standard InChI is InChI=1S/C19H24F2N6O/c1-13(14-4-5-16(20)17(21)8-14)9-23-19(22-2)26-6-7-27(18(28)12-26)15-10-24-25(3)11-15/h4-5,8,10-11,13H,6-7,9,12H2,1-3H3,(H,22,23). The first kappa shape index (κ1) is 19.8. The van der Waals surface area contributed by atoms with Crippen LogP contribution in [0.25, 0.3) is 0 Å². The number of piperazine rings is 1. The Morgan fingerprint density at radius 3 is 2.71 bits per heavy atom. The Balaban J connectivity index is 1.58. The third-order valence-corrected chi connectivity index (χ3v) is 4.81. The fraction of sp³-hybridized carbons (Fsp3) is 0.421. The van der Waals surface area contributed by atoms with Gasteiger partial charge >= 0.3 is 0 Å². The molecule has 150 valence electrons. The Morgan fingerprint density at radius 2 is 2.11 bits per heavy atom. The van der Waals surface area contributed by atoms with E-state index in [4.69, 9.17) is 0 Å². The number of benzene rings is 1. The zero-order valence-corrected chi connectivity index (χ0v) is 16.2. The summed E-state index contributed by atoms with van der Waals surface area (Å²) in [6, 6.07) is 3.91. The molecule has 1 aliphatic heterocycles. The number of aliphatic imine (C=N–C) groups is 1. The highest BCUT2D eigenvalue weighted by molar-refractivity contribution is 5.98. The molecule has 1 aliphatic rings. The van der Waals surface area contributed by atoms with Crippen LogP contribution in [0, 0.1) is 11.6 Å². The van der Waals surface area contributed by atoms with Gasteiger partial charge in [-0.3, -0.25) is 14.5 Å². The van der Waals surface area contributed by atoms with Crippen LogP contribution in [0.15, 0.2) is 35.6 Å². The second kappa shape index (κ2) is 8.37. The van der Waals surface area contributed by atoms with E-state index in [-0.39, 0.29) is 18.4 Å². The average Bonchev–Trinajstić information content (AvgIpc) is 3.10. The number of carbonyl (C=O) groups excluding carboxylic acids is 1. The maximum atomic E-state index is 13.4. The van der Waals surface area contributed by atoms with Crippen LogP contribution >= 0.6 is 0 Å². The van der Waals surface area contributed by atoms with E-state index >= 15 is 0 Å². The summed E-state index contributed by atoms with van der Waals surface area (Å²) in [5, 5.41) is 7.33. The molecule has 0 spiro atoms. The molecule has 1 aromatic carbocycles.